The molecule has 1 unspecified atom stereocenters. The SMILES string of the molecule is CCCCC(CC)COP(O)O.O=P(O)(Oc1ccccc1)Oc1ccccc1. The van der Waals surface area contributed by atoms with Crippen molar-refractivity contribution in [2.24, 2.45) is 5.92 Å². The molecular formula is C20H30O7P2. The van der Waals surface area contributed by atoms with Crippen molar-refractivity contribution >= 4 is 16.4 Å². The van der Waals surface area contributed by atoms with Gasteiger partial charge in [-0.05, 0) is 36.6 Å². The van der Waals surface area contributed by atoms with Crippen LogP contribution in [0.1, 0.15) is 39.5 Å². The van der Waals surface area contributed by atoms with Gasteiger partial charge in [0.15, 0.2) is 0 Å². The lowest BCUT2D eigenvalue weighted by Gasteiger charge is -2.14. The Hall–Kier alpha value is -1.46. The average Bonchev–Trinajstić information content (AvgIpc) is 2.69. The highest BCUT2D eigenvalue weighted by Crippen LogP contribution is 2.44. The molecule has 0 saturated carbocycles. The van der Waals surface area contributed by atoms with E-state index in [-0.39, 0.29) is 11.5 Å². The van der Waals surface area contributed by atoms with E-state index in [1.54, 1.807) is 60.7 Å². The van der Waals surface area contributed by atoms with Crippen LogP contribution in [0.4, 0.5) is 0 Å². The Labute approximate surface area is 173 Å². The molecule has 0 aromatic heterocycles. The monoisotopic (exact) mass is 444 g/mol. The molecule has 0 aliphatic heterocycles. The fraction of sp³-hybridized carbons (Fsp3) is 0.400. The molecule has 0 aliphatic rings. The lowest BCUT2D eigenvalue weighted by atomic mass is 10.0. The van der Waals surface area contributed by atoms with Crippen molar-refractivity contribution in [3.63, 3.8) is 0 Å². The summed E-state index contributed by atoms with van der Waals surface area (Å²) in [5.74, 6) is 1.05. The van der Waals surface area contributed by atoms with Gasteiger partial charge in [-0.25, -0.2) is 4.57 Å². The zero-order chi connectivity index (χ0) is 21.5. The van der Waals surface area contributed by atoms with Gasteiger partial charge < -0.3 is 23.4 Å². The maximum Gasteiger partial charge on any atom is 0.584 e. The van der Waals surface area contributed by atoms with Gasteiger partial charge in [0.2, 0.25) is 0 Å². The molecule has 0 radical (unpaired) electrons. The van der Waals surface area contributed by atoms with Crippen LogP contribution in [0.5, 0.6) is 11.5 Å². The van der Waals surface area contributed by atoms with Crippen molar-refractivity contribution in [1.29, 1.82) is 0 Å². The molecular weight excluding hydrogens is 414 g/mol. The molecule has 7 nitrogen and oxygen atoms in total. The van der Waals surface area contributed by atoms with Crippen LogP contribution in [-0.2, 0) is 9.09 Å². The van der Waals surface area contributed by atoms with Crippen LogP contribution in [0, 0.1) is 5.92 Å². The summed E-state index contributed by atoms with van der Waals surface area (Å²) in [4.78, 5) is 26.6. The third-order valence-electron chi connectivity index (χ3n) is 3.90. The normalized spacial score (nSPS) is 12.1. The highest BCUT2D eigenvalue weighted by Gasteiger charge is 2.24. The number of phosphoric acid groups is 1. The molecule has 0 heterocycles. The zero-order valence-electron chi connectivity index (χ0n) is 16.8. The van der Waals surface area contributed by atoms with Crippen LogP contribution >= 0.6 is 16.4 Å². The number of rotatable bonds is 11. The fourth-order valence-electron chi connectivity index (χ4n) is 2.32. The minimum atomic E-state index is -4.14. The molecule has 9 heteroatoms. The molecule has 0 aliphatic carbocycles. The second-order valence-corrected chi connectivity index (χ2v) is 8.31. The highest BCUT2D eigenvalue weighted by molar-refractivity contribution is 7.48. The van der Waals surface area contributed by atoms with E-state index in [0.29, 0.717) is 12.5 Å². The van der Waals surface area contributed by atoms with Crippen LogP contribution in [-0.4, -0.2) is 21.3 Å². The molecule has 0 fully saturated rings. The summed E-state index contributed by atoms with van der Waals surface area (Å²) in [6.07, 6.45) is 4.54. The van der Waals surface area contributed by atoms with Gasteiger partial charge >= 0.3 is 16.4 Å². The quantitative estimate of drug-likeness (QED) is 0.383. The summed E-state index contributed by atoms with van der Waals surface area (Å²) in [6.45, 7) is 4.73. The molecule has 29 heavy (non-hydrogen) atoms. The molecule has 2 aromatic carbocycles. The Kier molecular flexibility index (Phi) is 12.8. The largest absolute Gasteiger partial charge is 0.584 e. The smallest absolute Gasteiger partial charge is 0.395 e. The van der Waals surface area contributed by atoms with Crippen LogP contribution in [0.15, 0.2) is 60.7 Å². The molecule has 162 valence electrons. The number of benzene rings is 2. The van der Waals surface area contributed by atoms with Gasteiger partial charge in [-0.3, -0.25) is 4.89 Å². The molecule has 0 amide bonds. The van der Waals surface area contributed by atoms with E-state index < -0.39 is 16.4 Å². The molecule has 0 saturated heterocycles. The first-order valence-electron chi connectivity index (χ1n) is 9.49. The maximum absolute atomic E-state index is 11.7. The second-order valence-electron chi connectivity index (χ2n) is 6.24. The Morgan fingerprint density at radius 3 is 1.79 bits per heavy atom. The van der Waals surface area contributed by atoms with Crippen molar-refractivity contribution in [1.82, 2.24) is 0 Å². The van der Waals surface area contributed by atoms with Gasteiger partial charge in [0.05, 0.1) is 6.61 Å². The lowest BCUT2D eigenvalue weighted by molar-refractivity contribution is 0.201. The van der Waals surface area contributed by atoms with Crippen LogP contribution in [0.25, 0.3) is 0 Å². The van der Waals surface area contributed by atoms with E-state index in [2.05, 4.69) is 13.8 Å². The summed E-state index contributed by atoms with van der Waals surface area (Å²) in [5, 5.41) is 0. The lowest BCUT2D eigenvalue weighted by Crippen LogP contribution is -2.06. The van der Waals surface area contributed by atoms with Crippen molar-refractivity contribution < 1.29 is 32.8 Å². The molecule has 3 N–H and O–H groups in total. The Bertz CT molecular complexity index is 653. The van der Waals surface area contributed by atoms with Crippen LogP contribution < -0.4 is 9.05 Å². The maximum atomic E-state index is 11.7. The molecule has 0 bridgehead atoms. The first kappa shape index (κ1) is 25.6. The van der Waals surface area contributed by atoms with Crippen molar-refractivity contribution in [3.8, 4) is 11.5 Å². The summed E-state index contributed by atoms with van der Waals surface area (Å²) in [5.41, 5.74) is 0. The van der Waals surface area contributed by atoms with Gasteiger partial charge in [0, 0.05) is 0 Å². The Balaban J connectivity index is 0.000000311. The zero-order valence-corrected chi connectivity index (χ0v) is 18.5. The van der Waals surface area contributed by atoms with Gasteiger partial charge in [-0.1, -0.05) is 69.5 Å². The molecule has 0 spiro atoms. The van der Waals surface area contributed by atoms with Crippen LogP contribution in [0.2, 0.25) is 0 Å². The minimum absolute atomic E-state index is 0.286. The Morgan fingerprint density at radius 1 is 0.931 bits per heavy atom. The first-order valence-corrected chi connectivity index (χ1v) is 12.1. The molecule has 2 aromatic rings. The number of hydrogen-bond donors (Lipinski definition) is 3. The third kappa shape index (κ3) is 12.7. The Morgan fingerprint density at radius 2 is 1.41 bits per heavy atom. The van der Waals surface area contributed by atoms with Crippen molar-refractivity contribution in [2.45, 2.75) is 39.5 Å². The van der Waals surface area contributed by atoms with E-state index in [1.165, 1.54) is 12.8 Å². The van der Waals surface area contributed by atoms with Gasteiger partial charge in [0.25, 0.3) is 0 Å². The van der Waals surface area contributed by atoms with Gasteiger partial charge in [-0.15, -0.1) is 0 Å². The van der Waals surface area contributed by atoms with Crippen molar-refractivity contribution in [3.05, 3.63) is 60.7 Å². The summed E-state index contributed by atoms with van der Waals surface area (Å²) in [7, 11) is -6.29. The summed E-state index contributed by atoms with van der Waals surface area (Å²) >= 11 is 0. The number of hydrogen-bond acceptors (Lipinski definition) is 6. The van der Waals surface area contributed by atoms with Gasteiger partial charge in [-0.2, -0.15) is 0 Å². The number of phosphoric ester groups is 1. The predicted molar refractivity (Wildman–Crippen MR) is 115 cm³/mol. The van der Waals surface area contributed by atoms with E-state index in [1.807, 2.05) is 0 Å². The minimum Gasteiger partial charge on any atom is -0.395 e. The second kappa shape index (κ2) is 14.5. The van der Waals surface area contributed by atoms with Crippen molar-refractivity contribution in [2.75, 3.05) is 6.61 Å². The number of para-hydroxylation sites is 2. The standard InChI is InChI=1S/C12H11O4P.C8H19O3P/c13-17(14,15-11-7-3-1-4-8-11)16-12-9-5-2-6-10-12;1-3-5-6-8(4-2)7-11-12(9)10/h1-10H,(H,13,14);8-10H,3-7H2,1-2H3. The summed E-state index contributed by atoms with van der Waals surface area (Å²) < 4.78 is 26.2. The van der Waals surface area contributed by atoms with E-state index >= 15 is 0 Å². The topological polar surface area (TPSA) is 105 Å². The van der Waals surface area contributed by atoms with E-state index in [0.717, 1.165) is 12.8 Å². The van der Waals surface area contributed by atoms with E-state index in [4.69, 9.17) is 23.4 Å². The summed E-state index contributed by atoms with van der Waals surface area (Å²) in [6, 6.07) is 16.7. The van der Waals surface area contributed by atoms with Gasteiger partial charge in [0.1, 0.15) is 11.5 Å². The first-order chi connectivity index (χ1) is 13.9. The van der Waals surface area contributed by atoms with E-state index in [9.17, 15) is 9.46 Å². The number of unbranched alkanes of at least 4 members (excludes halogenated alkanes) is 1. The molecule has 2 rings (SSSR count). The van der Waals surface area contributed by atoms with Crippen LogP contribution in [0.3, 0.4) is 0 Å². The predicted octanol–water partition coefficient (Wildman–Crippen LogP) is 5.68. The fourth-order valence-corrected chi connectivity index (χ4v) is 3.48. The molecule has 1 atom stereocenters. The highest BCUT2D eigenvalue weighted by atomic mass is 31.2. The third-order valence-corrected chi connectivity index (χ3v) is 5.16. The average molecular weight is 444 g/mol.